The Balaban J connectivity index is 1.76. The van der Waals surface area contributed by atoms with E-state index >= 15 is 0 Å². The number of nitrogens with two attached hydrogens (primary N) is 1. The maximum Gasteiger partial charge on any atom is 0.231 e. The van der Waals surface area contributed by atoms with E-state index in [-0.39, 0.29) is 11.8 Å². The average Bonchev–Trinajstić information content (AvgIpc) is 3.11. The number of thiol groups is 1. The van der Waals surface area contributed by atoms with Crippen LogP contribution in [0.25, 0.3) is 5.65 Å². The molecule has 2 aromatic heterocycles. The number of benzene rings is 1. The largest absolute Gasteiger partial charge is 0.495 e. The van der Waals surface area contributed by atoms with Gasteiger partial charge in [0.2, 0.25) is 5.91 Å². The van der Waals surface area contributed by atoms with Crippen LogP contribution >= 0.6 is 12.6 Å². The Bertz CT molecular complexity index is 1040. The summed E-state index contributed by atoms with van der Waals surface area (Å²) in [5.74, 6) is 0.703. The number of amides is 1. The van der Waals surface area contributed by atoms with Gasteiger partial charge >= 0.3 is 0 Å². The molecule has 7 nitrogen and oxygen atoms in total. The van der Waals surface area contributed by atoms with Gasteiger partial charge in [-0.3, -0.25) is 9.20 Å². The van der Waals surface area contributed by atoms with Crippen LogP contribution in [0.2, 0.25) is 0 Å². The minimum absolute atomic E-state index is 0.171. The predicted octanol–water partition coefficient (Wildman–Crippen LogP) is 3.05. The summed E-state index contributed by atoms with van der Waals surface area (Å²) in [5.41, 5.74) is 7.64. The highest BCUT2D eigenvalue weighted by Gasteiger charge is 2.15. The monoisotopic (exact) mass is 395 g/mol. The van der Waals surface area contributed by atoms with Crippen molar-refractivity contribution in [1.29, 1.82) is 0 Å². The molecule has 0 saturated carbocycles. The number of fused-ring (bicyclic) bond motifs is 1. The maximum atomic E-state index is 12.5. The van der Waals surface area contributed by atoms with E-state index in [1.54, 1.807) is 30.0 Å². The van der Waals surface area contributed by atoms with Crippen LogP contribution in [-0.2, 0) is 4.79 Å². The smallest absolute Gasteiger partial charge is 0.231 e. The molecule has 8 heteroatoms. The van der Waals surface area contributed by atoms with Crippen LogP contribution in [0.3, 0.4) is 0 Å². The van der Waals surface area contributed by atoms with Gasteiger partial charge in [-0.1, -0.05) is 30.3 Å². The second-order valence-corrected chi connectivity index (χ2v) is 6.56. The fourth-order valence-electron chi connectivity index (χ4n) is 2.64. The van der Waals surface area contributed by atoms with E-state index in [0.29, 0.717) is 27.8 Å². The molecule has 1 amide bonds. The van der Waals surface area contributed by atoms with Crippen molar-refractivity contribution in [3.63, 3.8) is 0 Å². The van der Waals surface area contributed by atoms with Crippen molar-refractivity contribution in [2.45, 2.75) is 17.7 Å². The lowest BCUT2D eigenvalue weighted by Crippen LogP contribution is -2.28. The molecular formula is C20H21N5O2S. The number of ether oxygens (including phenoxy) is 1. The second-order valence-electron chi connectivity index (χ2n) is 6.07. The molecule has 0 bridgehead atoms. The first-order chi connectivity index (χ1) is 13.5. The molecule has 0 aliphatic heterocycles. The third kappa shape index (κ3) is 4.17. The third-order valence-corrected chi connectivity index (χ3v) is 4.60. The molecule has 1 aromatic carbocycles. The Morgan fingerprint density at radius 3 is 2.82 bits per heavy atom. The van der Waals surface area contributed by atoms with E-state index in [0.717, 1.165) is 5.56 Å². The number of carbonyl (C=O) groups is 1. The van der Waals surface area contributed by atoms with Gasteiger partial charge in [0.15, 0.2) is 5.82 Å². The van der Waals surface area contributed by atoms with Crippen LogP contribution in [0.1, 0.15) is 18.4 Å². The van der Waals surface area contributed by atoms with Crippen molar-refractivity contribution in [3.05, 3.63) is 66.3 Å². The number of hydrogen-bond acceptors (Lipinski definition) is 6. The number of rotatable bonds is 6. The summed E-state index contributed by atoms with van der Waals surface area (Å²) in [6.07, 6.45) is 6.16. The fourth-order valence-corrected chi connectivity index (χ4v) is 2.91. The molecule has 3 aromatic rings. The molecule has 28 heavy (non-hydrogen) atoms. The van der Waals surface area contributed by atoms with Crippen molar-refractivity contribution in [1.82, 2.24) is 14.7 Å². The van der Waals surface area contributed by atoms with E-state index in [1.807, 2.05) is 37.3 Å². The molecule has 0 spiro atoms. The zero-order chi connectivity index (χ0) is 20.1. The number of aromatic nitrogens is 2. The Hall–Kier alpha value is -3.26. The highest BCUT2D eigenvalue weighted by Crippen LogP contribution is 2.26. The van der Waals surface area contributed by atoms with Gasteiger partial charge in [-0.05, 0) is 12.5 Å². The lowest BCUT2D eigenvalue weighted by molar-refractivity contribution is -0.121. The Morgan fingerprint density at radius 2 is 2.14 bits per heavy atom. The molecule has 0 radical (unpaired) electrons. The molecule has 1 unspecified atom stereocenters. The van der Waals surface area contributed by atoms with Gasteiger partial charge in [-0.25, -0.2) is 9.98 Å². The van der Waals surface area contributed by atoms with E-state index < -0.39 is 0 Å². The van der Waals surface area contributed by atoms with Crippen LogP contribution in [-0.4, -0.2) is 28.6 Å². The van der Waals surface area contributed by atoms with Crippen LogP contribution in [0.4, 0.5) is 5.82 Å². The first kappa shape index (κ1) is 19.5. The predicted molar refractivity (Wildman–Crippen MR) is 112 cm³/mol. The van der Waals surface area contributed by atoms with E-state index in [4.69, 9.17) is 10.5 Å². The second kappa shape index (κ2) is 8.62. The summed E-state index contributed by atoms with van der Waals surface area (Å²) in [6.45, 7) is 1.84. The summed E-state index contributed by atoms with van der Waals surface area (Å²) < 4.78 is 7.01. The summed E-state index contributed by atoms with van der Waals surface area (Å²) in [5, 5.41) is 2.79. The van der Waals surface area contributed by atoms with Gasteiger partial charge in [0.05, 0.1) is 36.0 Å². The standard InChI is InChI=1S/C20H21N5O2S/c1-13(14-6-4-3-5-7-14)20(26)24-15(9-21)10-22-19-11-23-18-8-16(27-2)17(28)12-25(18)19/h3-13,28H,21H2,1-2H3,(H,24,26)/b15-9+,22-10+. The highest BCUT2D eigenvalue weighted by molar-refractivity contribution is 7.80. The number of carbonyl (C=O) groups excluding carboxylic acids is 1. The van der Waals surface area contributed by atoms with Crippen molar-refractivity contribution in [2.24, 2.45) is 10.7 Å². The normalized spacial score (nSPS) is 13.0. The molecule has 1 atom stereocenters. The van der Waals surface area contributed by atoms with Crippen molar-refractivity contribution in [3.8, 4) is 5.75 Å². The van der Waals surface area contributed by atoms with E-state index in [2.05, 4.69) is 27.9 Å². The van der Waals surface area contributed by atoms with Crippen LogP contribution in [0, 0.1) is 0 Å². The van der Waals surface area contributed by atoms with Crippen LogP contribution in [0.5, 0.6) is 5.75 Å². The Kier molecular flexibility index (Phi) is 6.00. The van der Waals surface area contributed by atoms with Gasteiger partial charge in [0, 0.05) is 18.5 Å². The van der Waals surface area contributed by atoms with Crippen molar-refractivity contribution >= 4 is 36.2 Å². The van der Waals surface area contributed by atoms with Gasteiger partial charge in [0.25, 0.3) is 0 Å². The number of aliphatic imine (C=N–C) groups is 1. The number of nitrogens with one attached hydrogen (secondary N) is 1. The zero-order valence-corrected chi connectivity index (χ0v) is 16.4. The van der Waals surface area contributed by atoms with Gasteiger partial charge in [-0.2, -0.15) is 0 Å². The van der Waals surface area contributed by atoms with Gasteiger partial charge in [-0.15, -0.1) is 12.6 Å². The topological polar surface area (TPSA) is 94.0 Å². The zero-order valence-electron chi connectivity index (χ0n) is 15.5. The Labute approximate surface area is 168 Å². The highest BCUT2D eigenvalue weighted by atomic mass is 32.1. The van der Waals surface area contributed by atoms with E-state index in [1.165, 1.54) is 12.4 Å². The number of methoxy groups -OCH3 is 1. The minimum Gasteiger partial charge on any atom is -0.495 e. The van der Waals surface area contributed by atoms with Crippen LogP contribution in [0.15, 0.2) is 70.6 Å². The van der Waals surface area contributed by atoms with E-state index in [9.17, 15) is 4.79 Å². The molecular weight excluding hydrogens is 374 g/mol. The number of hydrogen-bond donors (Lipinski definition) is 3. The summed E-state index contributed by atoms with van der Waals surface area (Å²) in [7, 11) is 1.57. The molecule has 2 heterocycles. The summed E-state index contributed by atoms with van der Waals surface area (Å²) >= 11 is 4.39. The minimum atomic E-state index is -0.320. The SMILES string of the molecule is COc1cc2ncc(/N=C/C(=C\N)NC(=O)C(C)c3ccccc3)n2cc1S. The first-order valence-electron chi connectivity index (χ1n) is 8.59. The lowest BCUT2D eigenvalue weighted by atomic mass is 10.0. The number of allylic oxidation sites excluding steroid dienone is 1. The number of nitrogens with zero attached hydrogens (tertiary/aromatic N) is 3. The molecule has 0 saturated heterocycles. The van der Waals surface area contributed by atoms with Gasteiger partial charge < -0.3 is 15.8 Å². The molecule has 144 valence electrons. The fraction of sp³-hybridized carbons (Fsp3) is 0.150. The summed E-state index contributed by atoms with van der Waals surface area (Å²) in [4.78, 5) is 21.8. The van der Waals surface area contributed by atoms with Crippen LogP contribution < -0.4 is 15.8 Å². The molecule has 0 aliphatic carbocycles. The first-order valence-corrected chi connectivity index (χ1v) is 9.04. The average molecular weight is 395 g/mol. The number of imidazole rings is 1. The molecule has 3 rings (SSSR count). The molecule has 3 N–H and O–H groups in total. The van der Waals surface area contributed by atoms with Crippen molar-refractivity contribution in [2.75, 3.05) is 7.11 Å². The summed E-state index contributed by atoms with van der Waals surface area (Å²) in [6, 6.07) is 11.3. The third-order valence-electron chi connectivity index (χ3n) is 4.27. The molecule has 0 aliphatic rings. The quantitative estimate of drug-likeness (QED) is 0.442. The lowest BCUT2D eigenvalue weighted by Gasteiger charge is -2.12. The maximum absolute atomic E-state index is 12.5. The van der Waals surface area contributed by atoms with Crippen molar-refractivity contribution < 1.29 is 9.53 Å². The molecule has 0 fully saturated rings. The number of pyridine rings is 1. The Morgan fingerprint density at radius 1 is 1.39 bits per heavy atom. The van der Waals surface area contributed by atoms with Gasteiger partial charge in [0.1, 0.15) is 11.4 Å².